The molecule has 1 amide bonds. The molecule has 0 aromatic heterocycles. The molecule has 4 rings (SSSR count). The van der Waals surface area contributed by atoms with Gasteiger partial charge in [0.2, 0.25) is 0 Å². The van der Waals surface area contributed by atoms with Gasteiger partial charge in [-0.3, -0.25) is 14.9 Å². The average Bonchev–Trinajstić information content (AvgIpc) is 3.46. The van der Waals surface area contributed by atoms with Crippen LogP contribution in [0.3, 0.4) is 0 Å². The number of amides is 1. The van der Waals surface area contributed by atoms with Crippen molar-refractivity contribution < 1.29 is 9.72 Å². The number of rotatable bonds is 5. The van der Waals surface area contributed by atoms with E-state index < -0.39 is 4.92 Å². The van der Waals surface area contributed by atoms with Crippen molar-refractivity contribution in [2.24, 2.45) is 0 Å². The summed E-state index contributed by atoms with van der Waals surface area (Å²) in [4.78, 5) is 23.6. The minimum atomic E-state index is -0.433. The van der Waals surface area contributed by atoms with E-state index in [9.17, 15) is 14.9 Å². The van der Waals surface area contributed by atoms with E-state index in [1.165, 1.54) is 11.6 Å². The molecule has 6 heteroatoms. The molecule has 1 atom stereocenters. The average molecular weight is 351 g/mol. The summed E-state index contributed by atoms with van der Waals surface area (Å²) in [5.74, 6) is -0.271. The van der Waals surface area contributed by atoms with Crippen molar-refractivity contribution in [3.8, 4) is 0 Å². The number of hydrogen-bond donors (Lipinski definition) is 2. The normalized spacial score (nSPS) is 18.7. The first kappa shape index (κ1) is 16.6. The molecule has 0 unspecified atom stereocenters. The summed E-state index contributed by atoms with van der Waals surface area (Å²) >= 11 is 0. The van der Waals surface area contributed by atoms with Gasteiger partial charge in [0.25, 0.3) is 11.6 Å². The third-order valence-corrected chi connectivity index (χ3v) is 5.07. The number of aryl methyl sites for hydroxylation is 1. The van der Waals surface area contributed by atoms with Crippen molar-refractivity contribution in [2.75, 3.05) is 5.32 Å². The van der Waals surface area contributed by atoms with E-state index in [0.717, 1.165) is 37.7 Å². The van der Waals surface area contributed by atoms with Gasteiger partial charge in [-0.1, -0.05) is 24.3 Å². The molecule has 0 radical (unpaired) electrons. The summed E-state index contributed by atoms with van der Waals surface area (Å²) in [5.41, 5.74) is 3.17. The Bertz CT molecular complexity index is 861. The molecule has 2 aliphatic carbocycles. The molecular weight excluding hydrogens is 330 g/mol. The molecule has 1 saturated carbocycles. The summed E-state index contributed by atoms with van der Waals surface area (Å²) in [6, 6.07) is 13.1. The highest BCUT2D eigenvalue weighted by Gasteiger charge is 2.26. The van der Waals surface area contributed by atoms with Crippen LogP contribution < -0.4 is 10.6 Å². The second-order valence-corrected chi connectivity index (χ2v) is 7.02. The summed E-state index contributed by atoms with van der Waals surface area (Å²) in [6.45, 7) is 0. The Kier molecular flexibility index (Phi) is 4.32. The zero-order valence-electron chi connectivity index (χ0n) is 14.4. The second-order valence-electron chi connectivity index (χ2n) is 7.02. The molecule has 0 saturated heterocycles. The van der Waals surface area contributed by atoms with Gasteiger partial charge in [0, 0.05) is 17.7 Å². The van der Waals surface area contributed by atoms with Crippen LogP contribution in [-0.4, -0.2) is 16.9 Å². The molecule has 2 N–H and O–H groups in total. The van der Waals surface area contributed by atoms with Crippen molar-refractivity contribution in [2.45, 2.75) is 44.2 Å². The van der Waals surface area contributed by atoms with E-state index in [1.54, 1.807) is 12.1 Å². The molecule has 2 aromatic carbocycles. The van der Waals surface area contributed by atoms with Gasteiger partial charge in [0.05, 0.1) is 11.0 Å². The van der Waals surface area contributed by atoms with E-state index in [2.05, 4.69) is 16.7 Å². The summed E-state index contributed by atoms with van der Waals surface area (Å²) < 4.78 is 0. The number of fused-ring (bicyclic) bond motifs is 1. The maximum absolute atomic E-state index is 12.7. The van der Waals surface area contributed by atoms with E-state index in [4.69, 9.17) is 0 Å². The molecule has 134 valence electrons. The van der Waals surface area contributed by atoms with Gasteiger partial charge in [-0.05, 0) is 55.4 Å². The maximum Gasteiger partial charge on any atom is 0.293 e. The minimum Gasteiger partial charge on any atom is -0.377 e. The van der Waals surface area contributed by atoms with Crippen LogP contribution in [0.5, 0.6) is 0 Å². The van der Waals surface area contributed by atoms with Crippen molar-refractivity contribution >= 4 is 17.3 Å². The molecule has 6 nitrogen and oxygen atoms in total. The van der Waals surface area contributed by atoms with Gasteiger partial charge >= 0.3 is 0 Å². The van der Waals surface area contributed by atoms with Crippen LogP contribution >= 0.6 is 0 Å². The number of anilines is 1. The Balaban J connectivity index is 1.55. The monoisotopic (exact) mass is 351 g/mol. The number of nitrogens with zero attached hydrogens (tertiary/aromatic N) is 1. The van der Waals surface area contributed by atoms with Gasteiger partial charge in [-0.25, -0.2) is 0 Å². The molecule has 2 aliphatic rings. The van der Waals surface area contributed by atoms with Crippen molar-refractivity contribution in [1.82, 2.24) is 5.32 Å². The largest absolute Gasteiger partial charge is 0.377 e. The summed E-state index contributed by atoms with van der Waals surface area (Å²) in [5, 5.41) is 17.6. The van der Waals surface area contributed by atoms with Gasteiger partial charge in [0.1, 0.15) is 5.69 Å². The molecule has 26 heavy (non-hydrogen) atoms. The zero-order chi connectivity index (χ0) is 18.1. The van der Waals surface area contributed by atoms with E-state index >= 15 is 0 Å². The fraction of sp³-hybridized carbons (Fsp3) is 0.350. The minimum absolute atomic E-state index is 0.0456. The number of carbonyl (C=O) groups is 1. The van der Waals surface area contributed by atoms with Crippen LogP contribution in [0.15, 0.2) is 42.5 Å². The molecule has 0 spiro atoms. The Morgan fingerprint density at radius 3 is 2.69 bits per heavy atom. The first-order valence-corrected chi connectivity index (χ1v) is 9.05. The van der Waals surface area contributed by atoms with Crippen LogP contribution in [0.4, 0.5) is 11.4 Å². The highest BCUT2D eigenvalue weighted by Crippen LogP contribution is 2.33. The highest BCUT2D eigenvalue weighted by atomic mass is 16.6. The Morgan fingerprint density at radius 1 is 1.12 bits per heavy atom. The number of nitro benzene ring substituents is 1. The van der Waals surface area contributed by atoms with Crippen molar-refractivity contribution in [3.63, 3.8) is 0 Å². The Hall–Kier alpha value is -2.89. The zero-order valence-corrected chi connectivity index (χ0v) is 14.4. The van der Waals surface area contributed by atoms with E-state index in [0.29, 0.717) is 17.3 Å². The maximum atomic E-state index is 12.7. The lowest BCUT2D eigenvalue weighted by molar-refractivity contribution is -0.384. The van der Waals surface area contributed by atoms with Gasteiger partial charge in [-0.2, -0.15) is 0 Å². The van der Waals surface area contributed by atoms with Crippen LogP contribution in [-0.2, 0) is 6.42 Å². The predicted molar refractivity (Wildman–Crippen MR) is 99.3 cm³/mol. The number of carbonyl (C=O) groups excluding carboxylic acids is 1. The lowest BCUT2D eigenvalue weighted by Gasteiger charge is -2.26. The van der Waals surface area contributed by atoms with Crippen molar-refractivity contribution in [3.05, 3.63) is 69.3 Å². The summed E-state index contributed by atoms with van der Waals surface area (Å²) in [7, 11) is 0. The van der Waals surface area contributed by atoms with Gasteiger partial charge < -0.3 is 10.6 Å². The topological polar surface area (TPSA) is 84.3 Å². The number of nitro groups is 1. The molecule has 2 aromatic rings. The van der Waals surface area contributed by atoms with Gasteiger partial charge in [0.15, 0.2) is 0 Å². The molecular formula is C20H21N3O3. The van der Waals surface area contributed by atoms with Crippen LogP contribution in [0.2, 0.25) is 0 Å². The quantitative estimate of drug-likeness (QED) is 0.630. The molecule has 0 bridgehead atoms. The number of hydrogen-bond acceptors (Lipinski definition) is 4. The lowest BCUT2D eigenvalue weighted by atomic mass is 9.87. The number of nitrogens with one attached hydrogen (secondary N) is 2. The lowest BCUT2D eigenvalue weighted by Crippen LogP contribution is -2.31. The predicted octanol–water partition coefficient (Wildman–Crippen LogP) is 3.98. The summed E-state index contributed by atoms with van der Waals surface area (Å²) in [6.07, 6.45) is 4.98. The van der Waals surface area contributed by atoms with Crippen LogP contribution in [0.1, 0.15) is 53.2 Å². The standard InChI is InChI=1S/C20H21N3O3/c24-20(22-17-7-3-5-13-4-1-2-6-16(13)17)14-8-11-18(21-15-9-10-15)19(12-14)23(25)26/h1-2,4,6,8,11-12,15,17,21H,3,5,7,9-10H2,(H,22,24)/t17-/m1/s1. The van der Waals surface area contributed by atoms with Crippen LogP contribution in [0.25, 0.3) is 0 Å². The fourth-order valence-electron chi connectivity index (χ4n) is 3.54. The fourth-order valence-corrected chi connectivity index (χ4v) is 3.54. The highest BCUT2D eigenvalue weighted by molar-refractivity contribution is 5.96. The van der Waals surface area contributed by atoms with E-state index in [1.807, 2.05) is 18.2 Å². The molecule has 0 heterocycles. The smallest absolute Gasteiger partial charge is 0.293 e. The van der Waals surface area contributed by atoms with Crippen LogP contribution in [0, 0.1) is 10.1 Å². The Labute approximate surface area is 151 Å². The Morgan fingerprint density at radius 2 is 1.92 bits per heavy atom. The first-order valence-electron chi connectivity index (χ1n) is 9.05. The first-order chi connectivity index (χ1) is 12.6. The number of benzene rings is 2. The van der Waals surface area contributed by atoms with Gasteiger partial charge in [-0.15, -0.1) is 0 Å². The van der Waals surface area contributed by atoms with Crippen molar-refractivity contribution in [1.29, 1.82) is 0 Å². The molecule has 1 fully saturated rings. The SMILES string of the molecule is O=C(N[C@@H]1CCCc2ccccc21)c1ccc(NC2CC2)c([N+](=O)[O-])c1. The molecule has 0 aliphatic heterocycles. The second kappa shape index (κ2) is 6.78. The third-order valence-electron chi connectivity index (χ3n) is 5.07. The van der Waals surface area contributed by atoms with E-state index in [-0.39, 0.29) is 17.6 Å². The third kappa shape index (κ3) is 3.40.